The Labute approximate surface area is 166 Å². The van der Waals surface area contributed by atoms with E-state index < -0.39 is 0 Å². The van der Waals surface area contributed by atoms with Crippen molar-refractivity contribution in [2.45, 2.75) is 46.8 Å². The van der Waals surface area contributed by atoms with Gasteiger partial charge < -0.3 is 10.1 Å². The topological polar surface area (TPSA) is 58.6 Å². The van der Waals surface area contributed by atoms with Gasteiger partial charge >= 0.3 is 0 Å². The zero-order valence-electron chi connectivity index (χ0n) is 16.9. The van der Waals surface area contributed by atoms with Crippen molar-refractivity contribution in [3.05, 3.63) is 65.4 Å². The van der Waals surface area contributed by atoms with E-state index in [0.29, 0.717) is 16.8 Å². The lowest BCUT2D eigenvalue weighted by atomic mass is 10.0. The maximum absolute atomic E-state index is 13.1. The standard InChI is InChI=1S/C23H26N2O3/c1-14(2)25-22(26)20(17-8-12-19(13-9-17)28-15(3)4)21(23(25)27)24-18-10-6-16(5)7-11-18/h6-15,24H,1-5H3. The number of benzene rings is 2. The van der Waals surface area contributed by atoms with E-state index in [1.54, 1.807) is 0 Å². The summed E-state index contributed by atoms with van der Waals surface area (Å²) in [6, 6.07) is 14.8. The fourth-order valence-corrected chi connectivity index (χ4v) is 3.15. The van der Waals surface area contributed by atoms with Gasteiger partial charge in [0.15, 0.2) is 0 Å². The second kappa shape index (κ2) is 7.89. The molecule has 0 aromatic heterocycles. The van der Waals surface area contributed by atoms with Crippen molar-refractivity contribution in [2.75, 3.05) is 5.32 Å². The molecule has 146 valence electrons. The van der Waals surface area contributed by atoms with Crippen LogP contribution in [0.2, 0.25) is 0 Å². The molecule has 2 aromatic carbocycles. The first-order valence-electron chi connectivity index (χ1n) is 9.51. The highest BCUT2D eigenvalue weighted by atomic mass is 16.5. The minimum Gasteiger partial charge on any atom is -0.491 e. The fraction of sp³-hybridized carbons (Fsp3) is 0.304. The Balaban J connectivity index is 2.02. The Bertz CT molecular complexity index is 910. The van der Waals surface area contributed by atoms with Crippen LogP contribution >= 0.6 is 0 Å². The van der Waals surface area contributed by atoms with Crippen LogP contribution in [0.5, 0.6) is 5.75 Å². The van der Waals surface area contributed by atoms with Crippen LogP contribution in [0, 0.1) is 6.92 Å². The quantitative estimate of drug-likeness (QED) is 0.758. The third kappa shape index (κ3) is 3.93. The summed E-state index contributed by atoms with van der Waals surface area (Å²) >= 11 is 0. The number of amides is 2. The molecule has 0 fully saturated rings. The number of hydrogen-bond acceptors (Lipinski definition) is 4. The summed E-state index contributed by atoms with van der Waals surface area (Å²) in [5, 5.41) is 3.16. The lowest BCUT2D eigenvalue weighted by molar-refractivity contribution is -0.138. The summed E-state index contributed by atoms with van der Waals surface area (Å²) in [6.45, 7) is 9.59. The number of hydrogen-bond donors (Lipinski definition) is 1. The molecule has 0 aliphatic carbocycles. The Hall–Kier alpha value is -3.08. The SMILES string of the molecule is Cc1ccc(NC2=C(c3ccc(OC(C)C)cc3)C(=O)N(C(C)C)C2=O)cc1. The van der Waals surface area contributed by atoms with E-state index in [9.17, 15) is 9.59 Å². The molecule has 1 heterocycles. The van der Waals surface area contributed by atoms with Gasteiger partial charge in [0.2, 0.25) is 0 Å². The zero-order chi connectivity index (χ0) is 20.4. The Kier molecular flexibility index (Phi) is 5.54. The van der Waals surface area contributed by atoms with Crippen LogP contribution in [-0.4, -0.2) is 28.9 Å². The van der Waals surface area contributed by atoms with E-state index in [2.05, 4.69) is 5.32 Å². The Morgan fingerprint density at radius 2 is 1.46 bits per heavy atom. The van der Waals surface area contributed by atoms with Gasteiger partial charge in [-0.3, -0.25) is 14.5 Å². The van der Waals surface area contributed by atoms with Gasteiger partial charge in [0.25, 0.3) is 11.8 Å². The van der Waals surface area contributed by atoms with Crippen molar-refractivity contribution in [2.24, 2.45) is 0 Å². The number of nitrogens with zero attached hydrogens (tertiary/aromatic N) is 1. The summed E-state index contributed by atoms with van der Waals surface area (Å²) in [5.41, 5.74) is 3.27. The Morgan fingerprint density at radius 3 is 2.00 bits per heavy atom. The summed E-state index contributed by atoms with van der Waals surface area (Å²) in [6.07, 6.45) is 0.0648. The van der Waals surface area contributed by atoms with Crippen molar-refractivity contribution in [1.82, 2.24) is 4.90 Å². The fourth-order valence-electron chi connectivity index (χ4n) is 3.15. The first kappa shape index (κ1) is 19.7. The van der Waals surface area contributed by atoms with Crippen LogP contribution in [0.25, 0.3) is 5.57 Å². The molecule has 0 bridgehead atoms. The molecule has 0 spiro atoms. The number of carbonyl (C=O) groups is 2. The molecule has 0 radical (unpaired) electrons. The number of rotatable bonds is 6. The van der Waals surface area contributed by atoms with Gasteiger partial charge in [-0.2, -0.15) is 0 Å². The molecular formula is C23H26N2O3. The number of imide groups is 1. The molecule has 0 atom stereocenters. The van der Waals surface area contributed by atoms with Crippen molar-refractivity contribution in [3.63, 3.8) is 0 Å². The maximum atomic E-state index is 13.1. The van der Waals surface area contributed by atoms with Crippen LogP contribution in [-0.2, 0) is 9.59 Å². The molecule has 1 aliphatic heterocycles. The summed E-state index contributed by atoms with van der Waals surface area (Å²) in [7, 11) is 0. The molecule has 0 unspecified atom stereocenters. The molecular weight excluding hydrogens is 352 g/mol. The largest absolute Gasteiger partial charge is 0.491 e. The van der Waals surface area contributed by atoms with Crippen LogP contribution in [0.15, 0.2) is 54.2 Å². The first-order valence-corrected chi connectivity index (χ1v) is 9.51. The molecule has 1 aliphatic rings. The minimum absolute atomic E-state index is 0.0648. The van der Waals surface area contributed by atoms with Crippen molar-refractivity contribution in [1.29, 1.82) is 0 Å². The Morgan fingerprint density at radius 1 is 0.857 bits per heavy atom. The number of nitrogens with one attached hydrogen (secondary N) is 1. The van der Waals surface area contributed by atoms with E-state index in [1.807, 2.05) is 83.1 Å². The summed E-state index contributed by atoms with van der Waals surface area (Å²) in [5.74, 6) is 0.134. The van der Waals surface area contributed by atoms with Crippen LogP contribution in [0.3, 0.4) is 0 Å². The number of ether oxygens (including phenoxy) is 1. The smallest absolute Gasteiger partial charge is 0.278 e. The van der Waals surface area contributed by atoms with Gasteiger partial charge in [-0.05, 0) is 64.4 Å². The molecule has 1 N–H and O–H groups in total. The minimum atomic E-state index is -0.307. The third-order valence-corrected chi connectivity index (χ3v) is 4.47. The predicted molar refractivity (Wildman–Crippen MR) is 111 cm³/mol. The van der Waals surface area contributed by atoms with Gasteiger partial charge in [-0.25, -0.2) is 0 Å². The summed E-state index contributed by atoms with van der Waals surface area (Å²) in [4.78, 5) is 27.3. The van der Waals surface area contributed by atoms with Crippen LogP contribution in [0.1, 0.15) is 38.8 Å². The molecule has 2 amide bonds. The second-order valence-corrected chi connectivity index (χ2v) is 7.51. The van der Waals surface area contributed by atoms with Crippen molar-refractivity contribution in [3.8, 4) is 5.75 Å². The molecule has 3 rings (SSSR count). The molecule has 0 saturated heterocycles. The van der Waals surface area contributed by atoms with E-state index in [-0.39, 0.29) is 24.0 Å². The maximum Gasteiger partial charge on any atom is 0.278 e. The first-order chi connectivity index (χ1) is 13.3. The monoisotopic (exact) mass is 378 g/mol. The highest BCUT2D eigenvalue weighted by molar-refractivity contribution is 6.36. The number of carbonyl (C=O) groups excluding carboxylic acids is 2. The second-order valence-electron chi connectivity index (χ2n) is 7.51. The predicted octanol–water partition coefficient (Wildman–Crippen LogP) is 4.38. The van der Waals surface area contributed by atoms with E-state index in [1.165, 1.54) is 4.90 Å². The van der Waals surface area contributed by atoms with E-state index >= 15 is 0 Å². The van der Waals surface area contributed by atoms with Gasteiger partial charge in [0.1, 0.15) is 11.4 Å². The highest BCUT2D eigenvalue weighted by Crippen LogP contribution is 2.32. The van der Waals surface area contributed by atoms with Crippen molar-refractivity contribution < 1.29 is 14.3 Å². The summed E-state index contributed by atoms with van der Waals surface area (Å²) < 4.78 is 5.68. The average molecular weight is 378 g/mol. The molecule has 28 heavy (non-hydrogen) atoms. The van der Waals surface area contributed by atoms with Crippen LogP contribution < -0.4 is 10.1 Å². The highest BCUT2D eigenvalue weighted by Gasteiger charge is 2.40. The van der Waals surface area contributed by atoms with Crippen molar-refractivity contribution >= 4 is 23.1 Å². The molecule has 5 heteroatoms. The normalized spacial score (nSPS) is 14.5. The molecule has 2 aromatic rings. The lowest BCUT2D eigenvalue weighted by Gasteiger charge is -2.19. The van der Waals surface area contributed by atoms with Gasteiger partial charge in [-0.1, -0.05) is 29.8 Å². The van der Waals surface area contributed by atoms with Gasteiger partial charge in [-0.15, -0.1) is 0 Å². The lowest BCUT2D eigenvalue weighted by Crippen LogP contribution is -2.38. The van der Waals surface area contributed by atoms with Crippen LogP contribution in [0.4, 0.5) is 5.69 Å². The van der Waals surface area contributed by atoms with Gasteiger partial charge in [0.05, 0.1) is 11.7 Å². The van der Waals surface area contributed by atoms with E-state index in [4.69, 9.17) is 4.74 Å². The zero-order valence-corrected chi connectivity index (χ0v) is 16.9. The number of aryl methyl sites for hydroxylation is 1. The third-order valence-electron chi connectivity index (χ3n) is 4.47. The number of anilines is 1. The molecule has 5 nitrogen and oxygen atoms in total. The van der Waals surface area contributed by atoms with Gasteiger partial charge in [0, 0.05) is 11.7 Å². The average Bonchev–Trinajstić information content (AvgIpc) is 2.87. The van der Waals surface area contributed by atoms with E-state index in [0.717, 1.165) is 17.0 Å². The molecule has 0 saturated carbocycles.